The number of hydrogen-bond acceptors (Lipinski definition) is 3. The number of rotatable bonds is 7. The van der Waals surface area contributed by atoms with E-state index in [-0.39, 0.29) is 5.91 Å². The van der Waals surface area contributed by atoms with Crippen LogP contribution < -0.4 is 10.8 Å². The Labute approximate surface area is 115 Å². The van der Waals surface area contributed by atoms with Gasteiger partial charge in [0.25, 0.3) is 0 Å². The van der Waals surface area contributed by atoms with Crippen molar-refractivity contribution in [2.45, 2.75) is 39.5 Å². The maximum Gasteiger partial charge on any atom is 0.488 e. The van der Waals surface area contributed by atoms with Gasteiger partial charge in [-0.3, -0.25) is 4.79 Å². The quantitative estimate of drug-likeness (QED) is 0.516. The van der Waals surface area contributed by atoms with Crippen LogP contribution in [0.3, 0.4) is 0 Å². The van der Waals surface area contributed by atoms with E-state index in [0.717, 1.165) is 19.3 Å². The lowest BCUT2D eigenvalue weighted by atomic mass is 9.80. The maximum atomic E-state index is 11.7. The molecule has 0 radical (unpaired) electrons. The minimum atomic E-state index is -1.47. The second-order valence-electron chi connectivity index (χ2n) is 5.18. The molecule has 5 heteroatoms. The van der Waals surface area contributed by atoms with Gasteiger partial charge in [-0.25, -0.2) is 0 Å². The molecule has 0 aliphatic carbocycles. The van der Waals surface area contributed by atoms with Crippen LogP contribution in [0.2, 0.25) is 0 Å². The summed E-state index contributed by atoms with van der Waals surface area (Å²) in [5.74, 6) is 0.682. The third kappa shape index (κ3) is 6.41. The smallest absolute Gasteiger partial charge is 0.423 e. The SMILES string of the molecule is CC(C)CCCCC(=O)Nc1ccc(B(O)O)cc1. The highest BCUT2D eigenvalue weighted by molar-refractivity contribution is 6.58. The number of anilines is 1. The first-order valence-electron chi connectivity index (χ1n) is 6.75. The average Bonchev–Trinajstić information content (AvgIpc) is 2.35. The molecule has 3 N–H and O–H groups in total. The fraction of sp³-hybridized carbons (Fsp3) is 0.500. The lowest BCUT2D eigenvalue weighted by molar-refractivity contribution is -0.116. The highest BCUT2D eigenvalue weighted by atomic mass is 16.4. The summed E-state index contributed by atoms with van der Waals surface area (Å²) in [7, 11) is -1.47. The van der Waals surface area contributed by atoms with E-state index in [1.165, 1.54) is 0 Å². The summed E-state index contributed by atoms with van der Waals surface area (Å²) in [6.45, 7) is 4.36. The van der Waals surface area contributed by atoms with Crippen molar-refractivity contribution in [3.8, 4) is 0 Å². The Kier molecular flexibility index (Phi) is 6.60. The van der Waals surface area contributed by atoms with Gasteiger partial charge in [-0.1, -0.05) is 38.8 Å². The van der Waals surface area contributed by atoms with E-state index < -0.39 is 7.12 Å². The summed E-state index contributed by atoms with van der Waals surface area (Å²) in [5.41, 5.74) is 1.09. The zero-order valence-corrected chi connectivity index (χ0v) is 11.6. The van der Waals surface area contributed by atoms with Crippen molar-refractivity contribution < 1.29 is 14.8 Å². The Bertz CT molecular complexity index is 390. The van der Waals surface area contributed by atoms with Gasteiger partial charge in [-0.05, 0) is 29.9 Å². The molecule has 0 spiro atoms. The predicted molar refractivity (Wildman–Crippen MR) is 78.2 cm³/mol. The molecular weight excluding hydrogens is 241 g/mol. The standard InChI is InChI=1S/C14H22BNO3/c1-11(2)5-3-4-6-14(17)16-13-9-7-12(8-10-13)15(18)19/h7-11,18-19H,3-6H2,1-2H3,(H,16,17). The summed E-state index contributed by atoms with van der Waals surface area (Å²) >= 11 is 0. The lowest BCUT2D eigenvalue weighted by Crippen LogP contribution is -2.29. The fourth-order valence-electron chi connectivity index (χ4n) is 1.80. The largest absolute Gasteiger partial charge is 0.488 e. The molecule has 0 aliphatic rings. The summed E-state index contributed by atoms with van der Waals surface area (Å²) < 4.78 is 0. The van der Waals surface area contributed by atoms with Crippen molar-refractivity contribution in [3.63, 3.8) is 0 Å². The van der Waals surface area contributed by atoms with Gasteiger partial charge in [0.15, 0.2) is 0 Å². The number of carbonyl (C=O) groups excluding carboxylic acids is 1. The first-order chi connectivity index (χ1) is 8.99. The van der Waals surface area contributed by atoms with Crippen LogP contribution in [-0.4, -0.2) is 23.1 Å². The van der Waals surface area contributed by atoms with Gasteiger partial charge < -0.3 is 15.4 Å². The topological polar surface area (TPSA) is 69.6 Å². The van der Waals surface area contributed by atoms with E-state index in [4.69, 9.17) is 10.0 Å². The molecule has 0 saturated heterocycles. The van der Waals surface area contributed by atoms with Gasteiger partial charge in [-0.2, -0.15) is 0 Å². The van der Waals surface area contributed by atoms with Gasteiger partial charge in [0.1, 0.15) is 0 Å². The van der Waals surface area contributed by atoms with E-state index in [9.17, 15) is 4.79 Å². The van der Waals surface area contributed by atoms with Crippen LogP contribution in [0.1, 0.15) is 39.5 Å². The average molecular weight is 263 g/mol. The Balaban J connectivity index is 2.32. The zero-order valence-electron chi connectivity index (χ0n) is 11.6. The molecule has 1 amide bonds. The number of amides is 1. The van der Waals surface area contributed by atoms with E-state index in [1.807, 2.05) is 0 Å². The number of hydrogen-bond donors (Lipinski definition) is 3. The summed E-state index contributed by atoms with van der Waals surface area (Å²) in [6.07, 6.45) is 3.64. The van der Waals surface area contributed by atoms with Crippen molar-refractivity contribution in [1.29, 1.82) is 0 Å². The minimum Gasteiger partial charge on any atom is -0.423 e. The zero-order chi connectivity index (χ0) is 14.3. The van der Waals surface area contributed by atoms with Crippen molar-refractivity contribution in [2.75, 3.05) is 5.32 Å². The van der Waals surface area contributed by atoms with Crippen LogP contribution in [0.5, 0.6) is 0 Å². The predicted octanol–water partition coefficient (Wildman–Crippen LogP) is 1.52. The van der Waals surface area contributed by atoms with Crippen molar-refractivity contribution in [2.24, 2.45) is 5.92 Å². The molecule has 0 heterocycles. The molecule has 0 fully saturated rings. The molecule has 4 nitrogen and oxygen atoms in total. The van der Waals surface area contributed by atoms with Crippen LogP contribution in [-0.2, 0) is 4.79 Å². The van der Waals surface area contributed by atoms with Gasteiger partial charge in [0.05, 0.1) is 0 Å². The second kappa shape index (κ2) is 7.97. The normalized spacial score (nSPS) is 10.6. The molecule has 1 aromatic carbocycles. The molecule has 0 saturated carbocycles. The van der Waals surface area contributed by atoms with E-state index >= 15 is 0 Å². The molecular formula is C14H22BNO3. The monoisotopic (exact) mass is 263 g/mol. The third-order valence-corrected chi connectivity index (χ3v) is 2.93. The van der Waals surface area contributed by atoms with Crippen LogP contribution in [0.25, 0.3) is 0 Å². The fourth-order valence-corrected chi connectivity index (χ4v) is 1.80. The van der Waals surface area contributed by atoms with Gasteiger partial charge >= 0.3 is 7.12 Å². The summed E-state index contributed by atoms with van der Waals surface area (Å²) in [4.78, 5) is 11.7. The number of unbranched alkanes of at least 4 members (excludes halogenated alkanes) is 1. The van der Waals surface area contributed by atoms with Gasteiger partial charge in [0.2, 0.25) is 5.91 Å². The maximum absolute atomic E-state index is 11.7. The number of benzene rings is 1. The van der Waals surface area contributed by atoms with E-state index in [0.29, 0.717) is 23.5 Å². The van der Waals surface area contributed by atoms with Crippen molar-refractivity contribution in [3.05, 3.63) is 24.3 Å². The third-order valence-electron chi connectivity index (χ3n) is 2.93. The molecule has 1 rings (SSSR count). The second-order valence-corrected chi connectivity index (χ2v) is 5.18. The molecule has 19 heavy (non-hydrogen) atoms. The van der Waals surface area contributed by atoms with E-state index in [2.05, 4.69) is 19.2 Å². The summed E-state index contributed by atoms with van der Waals surface area (Å²) in [6, 6.07) is 6.50. The molecule has 0 bridgehead atoms. The molecule has 0 unspecified atom stereocenters. The molecule has 104 valence electrons. The number of carbonyl (C=O) groups is 1. The van der Waals surface area contributed by atoms with Crippen LogP contribution in [0.4, 0.5) is 5.69 Å². The summed E-state index contributed by atoms with van der Waals surface area (Å²) in [5, 5.41) is 20.7. The van der Waals surface area contributed by atoms with Crippen LogP contribution in [0.15, 0.2) is 24.3 Å². The molecule has 0 aromatic heterocycles. The first kappa shape index (κ1) is 15.7. The first-order valence-corrected chi connectivity index (χ1v) is 6.75. The molecule has 0 aliphatic heterocycles. The molecule has 1 aromatic rings. The van der Waals surface area contributed by atoms with E-state index in [1.54, 1.807) is 24.3 Å². The van der Waals surface area contributed by atoms with Crippen LogP contribution >= 0.6 is 0 Å². The Morgan fingerprint density at radius 1 is 1.21 bits per heavy atom. The Morgan fingerprint density at radius 2 is 1.84 bits per heavy atom. The van der Waals surface area contributed by atoms with Gasteiger partial charge in [-0.15, -0.1) is 0 Å². The minimum absolute atomic E-state index is 0.000975. The lowest BCUT2D eigenvalue weighted by Gasteiger charge is -2.07. The Morgan fingerprint density at radius 3 is 2.37 bits per heavy atom. The van der Waals surface area contributed by atoms with Gasteiger partial charge in [0, 0.05) is 12.1 Å². The number of nitrogens with one attached hydrogen (secondary N) is 1. The Hall–Kier alpha value is -1.33. The highest BCUT2D eigenvalue weighted by Gasteiger charge is 2.10. The molecule has 0 atom stereocenters. The van der Waals surface area contributed by atoms with Crippen LogP contribution in [0, 0.1) is 5.92 Å². The van der Waals surface area contributed by atoms with Crippen molar-refractivity contribution >= 4 is 24.2 Å². The van der Waals surface area contributed by atoms with Crippen molar-refractivity contribution in [1.82, 2.24) is 0 Å². The highest BCUT2D eigenvalue weighted by Crippen LogP contribution is 2.10.